The van der Waals surface area contributed by atoms with Crippen molar-refractivity contribution in [1.82, 2.24) is 36.5 Å². The van der Waals surface area contributed by atoms with Crippen molar-refractivity contribution in [2.45, 2.75) is 124 Å². The number of aryl methyl sites for hydroxylation is 1. The van der Waals surface area contributed by atoms with Gasteiger partial charge in [-0.2, -0.15) is 0 Å². The monoisotopic (exact) mass is 1070 g/mol. The summed E-state index contributed by atoms with van der Waals surface area (Å²) in [4.78, 5) is 97.5. The number of ether oxygens (including phenoxy) is 6. The van der Waals surface area contributed by atoms with Crippen LogP contribution in [0.3, 0.4) is 0 Å². The molecule has 1 aromatic heterocycles. The first-order valence-corrected chi connectivity index (χ1v) is 26.9. The lowest BCUT2D eigenvalue weighted by molar-refractivity contribution is -0.144. The van der Waals surface area contributed by atoms with E-state index in [0.717, 1.165) is 21.7 Å². The summed E-state index contributed by atoms with van der Waals surface area (Å²) in [6.45, 7) is 16.6. The molecule has 75 heavy (non-hydrogen) atoms. The van der Waals surface area contributed by atoms with Crippen LogP contribution in [0, 0.1) is 24.2 Å². The number of hydrogen-bond acceptors (Lipinski definition) is 16. The third kappa shape index (κ3) is 22.8. The Kier molecular flexibility index (Phi) is 27.3. The summed E-state index contributed by atoms with van der Waals surface area (Å²) in [7, 11) is 0. The van der Waals surface area contributed by atoms with Crippen molar-refractivity contribution in [2.75, 3.05) is 85.8 Å². The summed E-state index contributed by atoms with van der Waals surface area (Å²) in [5.74, 6) is -2.85. The maximum Gasteiger partial charge on any atom is 0.330 e. The van der Waals surface area contributed by atoms with Gasteiger partial charge >= 0.3 is 5.97 Å². The third-order valence-corrected chi connectivity index (χ3v) is 13.3. The van der Waals surface area contributed by atoms with Crippen LogP contribution >= 0.6 is 11.3 Å². The first-order chi connectivity index (χ1) is 35.9. The fourth-order valence-corrected chi connectivity index (χ4v) is 9.14. The average molecular weight is 1070 g/mol. The molecule has 4 rings (SSSR count). The summed E-state index contributed by atoms with van der Waals surface area (Å²) in [5.41, 5.74) is 3.99. The number of aliphatic hydroxyl groups excluding tert-OH is 1. The molecule has 6 atom stereocenters. The molecule has 2 aromatic rings. The molecule has 418 valence electrons. The summed E-state index contributed by atoms with van der Waals surface area (Å²) in [6.07, 6.45) is 3.32. The maximum absolute atomic E-state index is 13.9. The van der Waals surface area contributed by atoms with E-state index in [1.807, 2.05) is 65.8 Å². The average Bonchev–Trinajstić information content (AvgIpc) is 4.10. The van der Waals surface area contributed by atoms with E-state index in [1.165, 1.54) is 17.1 Å². The summed E-state index contributed by atoms with van der Waals surface area (Å²) >= 11 is 1.56. The van der Waals surface area contributed by atoms with Crippen LogP contribution in [0.2, 0.25) is 0 Å². The van der Waals surface area contributed by atoms with Crippen molar-refractivity contribution >= 4 is 52.7 Å². The molecule has 0 unspecified atom stereocenters. The van der Waals surface area contributed by atoms with Crippen molar-refractivity contribution in [3.8, 4) is 10.4 Å². The predicted octanol–water partition coefficient (Wildman–Crippen LogP) is 2.75. The molecule has 0 spiro atoms. The standard InChI is InChI=1S/C53H81N7O14S/c1-8-74-46(64)14-13-40(30-39-15-18-54-49(39)65)57-50(66)42(29-35(2)3)58-44(62)16-19-69-21-23-71-25-27-73-28-26-72-24-22-70-20-17-45(63)59-48(53(5,6)7)52(68)60-33-41(61)31-43(60)51(67)55-32-37-9-11-38(12-10-37)47-36(4)56-34-75-47/h9-14,34-35,39-43,48,61H,8,15-33H2,1-7H3,(H,54,65)(H,55,67)(H,57,66)(H,58,62)(H,59,63)/b14-13+/t39-,40+,41+,42-,43-,48+/m0/s1. The number of amides is 6. The zero-order valence-electron chi connectivity index (χ0n) is 44.8. The second kappa shape index (κ2) is 32.9. The zero-order chi connectivity index (χ0) is 54.8. The van der Waals surface area contributed by atoms with Crippen LogP contribution in [0.5, 0.6) is 0 Å². The van der Waals surface area contributed by atoms with Gasteiger partial charge in [-0.05, 0) is 55.6 Å². The lowest BCUT2D eigenvalue weighted by Crippen LogP contribution is -2.57. The molecular weight excluding hydrogens is 991 g/mol. The minimum atomic E-state index is -0.949. The Morgan fingerprint density at radius 2 is 1.45 bits per heavy atom. The molecule has 22 heteroatoms. The molecule has 0 bridgehead atoms. The third-order valence-electron chi connectivity index (χ3n) is 12.3. The highest BCUT2D eigenvalue weighted by Gasteiger charge is 2.44. The van der Waals surface area contributed by atoms with E-state index in [2.05, 4.69) is 31.6 Å². The zero-order valence-corrected chi connectivity index (χ0v) is 45.6. The Morgan fingerprint density at radius 3 is 1.97 bits per heavy atom. The van der Waals surface area contributed by atoms with E-state index < -0.39 is 53.5 Å². The smallest absolute Gasteiger partial charge is 0.330 e. The number of rotatable bonds is 34. The van der Waals surface area contributed by atoms with E-state index in [-0.39, 0.29) is 114 Å². The summed E-state index contributed by atoms with van der Waals surface area (Å²) in [5, 5.41) is 24.8. The van der Waals surface area contributed by atoms with E-state index in [9.17, 15) is 38.7 Å². The minimum absolute atomic E-state index is 0.00261. The first kappa shape index (κ1) is 62.2. The molecule has 3 heterocycles. The Morgan fingerprint density at radius 1 is 0.867 bits per heavy atom. The summed E-state index contributed by atoms with van der Waals surface area (Å²) < 4.78 is 32.8. The Hall–Kier alpha value is -5.36. The number of aliphatic hydroxyl groups is 1. The van der Waals surface area contributed by atoms with Gasteiger partial charge in [0.05, 0.1) is 94.9 Å². The number of carbonyl (C=O) groups is 7. The molecular formula is C53H81N7O14S. The number of nitrogens with zero attached hydrogens (tertiary/aromatic N) is 2. The molecule has 2 fully saturated rings. The molecule has 0 aliphatic carbocycles. The molecule has 0 radical (unpaired) electrons. The number of nitrogens with one attached hydrogen (secondary N) is 5. The Balaban J connectivity index is 1.02. The van der Waals surface area contributed by atoms with Crippen LogP contribution in [0.25, 0.3) is 10.4 Å². The number of hydrogen-bond donors (Lipinski definition) is 6. The number of likely N-dealkylation sites (tertiary alicyclic amines) is 1. The number of esters is 1. The lowest BCUT2D eigenvalue weighted by Gasteiger charge is -2.35. The van der Waals surface area contributed by atoms with Crippen LogP contribution < -0.4 is 26.6 Å². The van der Waals surface area contributed by atoms with Gasteiger partial charge in [0.15, 0.2) is 0 Å². The van der Waals surface area contributed by atoms with Crippen molar-refractivity contribution < 1.29 is 67.1 Å². The highest BCUT2D eigenvalue weighted by atomic mass is 32.1. The van der Waals surface area contributed by atoms with E-state index >= 15 is 0 Å². The van der Waals surface area contributed by atoms with Crippen LogP contribution in [-0.2, 0) is 68.5 Å². The number of carbonyl (C=O) groups excluding carboxylic acids is 7. The minimum Gasteiger partial charge on any atom is -0.463 e. The highest BCUT2D eigenvalue weighted by Crippen LogP contribution is 2.28. The number of β-amino-alcohol motifs (C(OH)–C–C–N with tert-alkyl or cyclic N) is 1. The molecule has 6 amide bonds. The molecule has 2 saturated heterocycles. The second-order valence-corrected chi connectivity index (χ2v) is 20.8. The molecule has 2 aliphatic rings. The van der Waals surface area contributed by atoms with E-state index in [4.69, 9.17) is 28.4 Å². The molecule has 2 aliphatic heterocycles. The van der Waals surface area contributed by atoms with Gasteiger partial charge in [-0.1, -0.05) is 65.0 Å². The fraction of sp³-hybridized carbons (Fsp3) is 0.660. The van der Waals surface area contributed by atoms with Crippen molar-refractivity contribution in [1.29, 1.82) is 0 Å². The number of benzene rings is 1. The normalized spacial score (nSPS) is 17.9. The molecule has 21 nitrogen and oxygen atoms in total. The van der Waals surface area contributed by atoms with Gasteiger partial charge in [-0.3, -0.25) is 28.8 Å². The van der Waals surface area contributed by atoms with Gasteiger partial charge in [-0.15, -0.1) is 11.3 Å². The van der Waals surface area contributed by atoms with E-state index in [0.29, 0.717) is 52.2 Å². The number of thiazole rings is 1. The quantitative estimate of drug-likeness (QED) is 0.0334. The predicted molar refractivity (Wildman–Crippen MR) is 280 cm³/mol. The van der Waals surface area contributed by atoms with Gasteiger partial charge in [0.25, 0.3) is 0 Å². The van der Waals surface area contributed by atoms with Crippen LogP contribution in [0.15, 0.2) is 41.9 Å². The maximum atomic E-state index is 13.9. The van der Waals surface area contributed by atoms with Crippen LogP contribution in [0.4, 0.5) is 0 Å². The highest BCUT2D eigenvalue weighted by molar-refractivity contribution is 7.13. The fourth-order valence-electron chi connectivity index (χ4n) is 8.32. The lowest BCUT2D eigenvalue weighted by atomic mass is 9.85. The van der Waals surface area contributed by atoms with Gasteiger partial charge < -0.3 is 65.0 Å². The largest absolute Gasteiger partial charge is 0.463 e. The van der Waals surface area contributed by atoms with Crippen molar-refractivity contribution in [2.24, 2.45) is 17.3 Å². The van der Waals surface area contributed by atoms with Gasteiger partial charge in [-0.25, -0.2) is 9.78 Å². The van der Waals surface area contributed by atoms with E-state index in [1.54, 1.807) is 23.8 Å². The van der Waals surface area contributed by atoms with Crippen molar-refractivity contribution in [3.63, 3.8) is 0 Å². The number of aromatic nitrogens is 1. The summed E-state index contributed by atoms with van der Waals surface area (Å²) in [6, 6.07) is 4.55. The molecule has 1 aromatic carbocycles. The van der Waals surface area contributed by atoms with Crippen molar-refractivity contribution in [3.05, 3.63) is 53.2 Å². The van der Waals surface area contributed by atoms with Gasteiger partial charge in [0.1, 0.15) is 18.1 Å². The van der Waals surface area contributed by atoms with Gasteiger partial charge in [0, 0.05) is 56.9 Å². The van der Waals surface area contributed by atoms with Crippen LogP contribution in [0.1, 0.15) is 91.3 Å². The molecule has 6 N–H and O–H groups in total. The van der Waals surface area contributed by atoms with Crippen LogP contribution in [-0.4, -0.2) is 172 Å². The topological polar surface area (TPSA) is 271 Å². The molecule has 0 saturated carbocycles. The Labute approximate surface area is 445 Å². The SMILES string of the molecule is CCOC(=O)/C=C/[C@H](C[C@@H]1CCNC1=O)NC(=O)[C@H](CC(C)C)NC(=O)CCOCCOCCOCCOCCOCCC(=O)N[C@H](C(=O)N1C[C@H](O)C[C@H]1C(=O)NCc1ccc(-c2scnc2C)cc1)C(C)(C)C. The first-order valence-electron chi connectivity index (χ1n) is 26.0. The van der Waals surface area contributed by atoms with Gasteiger partial charge in [0.2, 0.25) is 35.4 Å². The Bertz CT molecular complexity index is 2150. The second-order valence-electron chi connectivity index (χ2n) is 20.0.